The lowest BCUT2D eigenvalue weighted by Crippen LogP contribution is -2.48. The van der Waals surface area contributed by atoms with E-state index in [1.54, 1.807) is 30.1 Å². The monoisotopic (exact) mass is 330 g/mol. The van der Waals surface area contributed by atoms with Crippen LogP contribution in [-0.2, 0) is 16.1 Å². The number of carbonyl (C=O) groups excluding carboxylic acids is 2. The summed E-state index contributed by atoms with van der Waals surface area (Å²) in [6.07, 6.45) is 6.49. The number of aromatic nitrogens is 1. The minimum atomic E-state index is -0.299. The molecule has 1 unspecified atom stereocenters. The second-order valence-corrected chi connectivity index (χ2v) is 7.22. The molecule has 2 saturated heterocycles. The fourth-order valence-corrected chi connectivity index (χ4v) is 3.84. The van der Waals surface area contributed by atoms with Gasteiger partial charge in [-0.2, -0.15) is 0 Å². The van der Waals surface area contributed by atoms with Crippen molar-refractivity contribution in [2.24, 2.45) is 5.41 Å². The molecule has 2 fully saturated rings. The summed E-state index contributed by atoms with van der Waals surface area (Å²) in [6, 6.07) is 4.02. The van der Waals surface area contributed by atoms with Crippen molar-refractivity contribution in [3.63, 3.8) is 0 Å². The summed E-state index contributed by atoms with van der Waals surface area (Å²) < 4.78 is 0. The van der Waals surface area contributed by atoms with Crippen LogP contribution in [0.25, 0.3) is 0 Å². The molecule has 3 rings (SSSR count). The summed E-state index contributed by atoms with van der Waals surface area (Å²) in [7, 11) is 3.46. The number of rotatable bonds is 4. The number of amides is 2. The maximum Gasteiger partial charge on any atom is 0.241 e. The summed E-state index contributed by atoms with van der Waals surface area (Å²) in [4.78, 5) is 34.7. The molecule has 3 heterocycles. The highest BCUT2D eigenvalue weighted by atomic mass is 16.2. The minimum absolute atomic E-state index is 0.0107. The highest BCUT2D eigenvalue weighted by Crippen LogP contribution is 2.40. The van der Waals surface area contributed by atoms with E-state index >= 15 is 0 Å². The molecule has 1 aromatic heterocycles. The molecule has 0 N–H and O–H groups in total. The third kappa shape index (κ3) is 3.43. The summed E-state index contributed by atoms with van der Waals surface area (Å²) in [5.41, 5.74) is 0.882. The van der Waals surface area contributed by atoms with Gasteiger partial charge in [0.25, 0.3) is 0 Å². The van der Waals surface area contributed by atoms with Gasteiger partial charge in [0, 0.05) is 46.1 Å². The SMILES string of the molecule is CN(C)C(=O)CN1CCC2(CCCN(Cc3cccnc3)C2)C1=O. The van der Waals surface area contributed by atoms with Crippen molar-refractivity contribution in [2.75, 3.05) is 40.3 Å². The Morgan fingerprint density at radius 1 is 1.33 bits per heavy atom. The summed E-state index contributed by atoms with van der Waals surface area (Å²) >= 11 is 0. The van der Waals surface area contributed by atoms with Crippen molar-refractivity contribution in [3.8, 4) is 0 Å². The van der Waals surface area contributed by atoms with Crippen LogP contribution in [0.1, 0.15) is 24.8 Å². The molecule has 0 bridgehead atoms. The van der Waals surface area contributed by atoms with Gasteiger partial charge < -0.3 is 9.80 Å². The van der Waals surface area contributed by atoms with Crippen molar-refractivity contribution in [1.29, 1.82) is 0 Å². The van der Waals surface area contributed by atoms with Crippen LogP contribution in [0.5, 0.6) is 0 Å². The molecule has 1 spiro atoms. The lowest BCUT2D eigenvalue weighted by atomic mass is 9.78. The second-order valence-electron chi connectivity index (χ2n) is 7.22. The molecular weight excluding hydrogens is 304 g/mol. The van der Waals surface area contributed by atoms with E-state index in [9.17, 15) is 9.59 Å². The Balaban J connectivity index is 1.65. The zero-order chi connectivity index (χ0) is 17.2. The molecule has 1 aromatic rings. The van der Waals surface area contributed by atoms with Gasteiger partial charge in [-0.3, -0.25) is 19.5 Å². The minimum Gasteiger partial charge on any atom is -0.347 e. The van der Waals surface area contributed by atoms with E-state index < -0.39 is 0 Å². The largest absolute Gasteiger partial charge is 0.347 e. The van der Waals surface area contributed by atoms with Gasteiger partial charge >= 0.3 is 0 Å². The van der Waals surface area contributed by atoms with Gasteiger partial charge in [0.05, 0.1) is 12.0 Å². The third-order valence-corrected chi connectivity index (χ3v) is 5.21. The Bertz CT molecular complexity index is 604. The lowest BCUT2D eigenvalue weighted by molar-refractivity contribution is -0.143. The molecule has 6 heteroatoms. The summed E-state index contributed by atoms with van der Waals surface area (Å²) in [6.45, 7) is 3.53. The molecule has 6 nitrogen and oxygen atoms in total. The first-order valence-electron chi connectivity index (χ1n) is 8.61. The number of hydrogen-bond donors (Lipinski definition) is 0. The highest BCUT2D eigenvalue weighted by molar-refractivity contribution is 5.89. The number of pyridine rings is 1. The number of piperidine rings is 1. The highest BCUT2D eigenvalue weighted by Gasteiger charge is 2.49. The van der Waals surface area contributed by atoms with Crippen LogP contribution in [0.15, 0.2) is 24.5 Å². The van der Waals surface area contributed by atoms with Gasteiger partial charge in [0.2, 0.25) is 11.8 Å². The molecule has 0 saturated carbocycles. The molecule has 0 aliphatic carbocycles. The Morgan fingerprint density at radius 3 is 2.88 bits per heavy atom. The second kappa shape index (κ2) is 6.89. The molecule has 24 heavy (non-hydrogen) atoms. The zero-order valence-electron chi connectivity index (χ0n) is 14.6. The van der Waals surface area contributed by atoms with E-state index in [1.165, 1.54) is 5.56 Å². The average molecular weight is 330 g/mol. The molecule has 130 valence electrons. The normalized spacial score (nSPS) is 24.6. The lowest BCUT2D eigenvalue weighted by Gasteiger charge is -2.39. The zero-order valence-corrected chi connectivity index (χ0v) is 14.6. The third-order valence-electron chi connectivity index (χ3n) is 5.21. The van der Waals surface area contributed by atoms with Crippen LogP contribution >= 0.6 is 0 Å². The number of nitrogens with zero attached hydrogens (tertiary/aromatic N) is 4. The first kappa shape index (κ1) is 16.9. The van der Waals surface area contributed by atoms with E-state index in [1.807, 2.05) is 12.3 Å². The molecule has 0 radical (unpaired) electrons. The predicted molar refractivity (Wildman–Crippen MR) is 91.1 cm³/mol. The molecule has 2 amide bonds. The molecule has 2 aliphatic heterocycles. The Hall–Kier alpha value is -1.95. The Morgan fingerprint density at radius 2 is 2.17 bits per heavy atom. The fourth-order valence-electron chi connectivity index (χ4n) is 3.84. The van der Waals surface area contributed by atoms with E-state index in [0.29, 0.717) is 6.54 Å². The van der Waals surface area contributed by atoms with Crippen molar-refractivity contribution < 1.29 is 9.59 Å². The maximum absolute atomic E-state index is 13.0. The molecule has 0 aromatic carbocycles. The van der Waals surface area contributed by atoms with Gasteiger partial charge in [-0.05, 0) is 37.4 Å². The quantitative estimate of drug-likeness (QED) is 0.826. The van der Waals surface area contributed by atoms with Crippen molar-refractivity contribution in [1.82, 2.24) is 19.7 Å². The van der Waals surface area contributed by atoms with Gasteiger partial charge in [-0.15, -0.1) is 0 Å². The number of likely N-dealkylation sites (tertiary alicyclic amines) is 2. The van der Waals surface area contributed by atoms with Crippen molar-refractivity contribution in [3.05, 3.63) is 30.1 Å². The fraction of sp³-hybridized carbons (Fsp3) is 0.611. The topological polar surface area (TPSA) is 56.8 Å². The Labute approximate surface area is 143 Å². The standard InChI is InChI=1S/C18H26N4O2/c1-20(2)16(23)13-22-10-7-18(17(22)24)6-4-9-21(14-18)12-15-5-3-8-19-11-15/h3,5,8,11H,4,6-7,9-10,12-14H2,1-2H3. The van der Waals surface area contributed by atoms with Crippen LogP contribution < -0.4 is 0 Å². The van der Waals surface area contributed by atoms with Crippen LogP contribution in [-0.4, -0.2) is 71.8 Å². The molecule has 1 atom stereocenters. The predicted octanol–water partition coefficient (Wildman–Crippen LogP) is 0.984. The summed E-state index contributed by atoms with van der Waals surface area (Å²) in [5.74, 6) is 0.150. The van der Waals surface area contributed by atoms with Crippen molar-refractivity contribution >= 4 is 11.8 Å². The smallest absolute Gasteiger partial charge is 0.241 e. The van der Waals surface area contributed by atoms with Crippen LogP contribution in [0.3, 0.4) is 0 Å². The van der Waals surface area contributed by atoms with E-state index in [4.69, 9.17) is 0 Å². The Kier molecular flexibility index (Phi) is 4.85. The summed E-state index contributed by atoms with van der Waals surface area (Å²) in [5, 5.41) is 0. The van der Waals surface area contributed by atoms with Crippen LogP contribution in [0.4, 0.5) is 0 Å². The van der Waals surface area contributed by atoms with Gasteiger partial charge in [-0.25, -0.2) is 0 Å². The average Bonchev–Trinajstić information content (AvgIpc) is 2.85. The molecular formula is C18H26N4O2. The number of likely N-dealkylation sites (N-methyl/N-ethyl adjacent to an activating group) is 1. The molecule has 2 aliphatic rings. The van der Waals surface area contributed by atoms with Crippen molar-refractivity contribution in [2.45, 2.75) is 25.8 Å². The number of carbonyl (C=O) groups is 2. The van der Waals surface area contributed by atoms with E-state index in [-0.39, 0.29) is 23.8 Å². The van der Waals surface area contributed by atoms with Crippen LogP contribution in [0, 0.1) is 5.41 Å². The van der Waals surface area contributed by atoms with Gasteiger partial charge in [0.15, 0.2) is 0 Å². The number of hydrogen-bond acceptors (Lipinski definition) is 4. The van der Waals surface area contributed by atoms with E-state index in [2.05, 4.69) is 16.0 Å². The van der Waals surface area contributed by atoms with E-state index in [0.717, 1.165) is 38.9 Å². The first-order chi connectivity index (χ1) is 11.5. The first-order valence-corrected chi connectivity index (χ1v) is 8.61. The van der Waals surface area contributed by atoms with Gasteiger partial charge in [-0.1, -0.05) is 6.07 Å². The van der Waals surface area contributed by atoms with Crippen LogP contribution in [0.2, 0.25) is 0 Å². The maximum atomic E-state index is 13.0. The van der Waals surface area contributed by atoms with Gasteiger partial charge in [0.1, 0.15) is 0 Å².